The van der Waals surface area contributed by atoms with E-state index in [1.165, 1.54) is 0 Å². The van der Waals surface area contributed by atoms with Gasteiger partial charge < -0.3 is 10.2 Å². The molecule has 0 bridgehead atoms. The van der Waals surface area contributed by atoms with Gasteiger partial charge in [-0.05, 0) is 36.6 Å². The number of aliphatic hydroxyl groups is 1. The number of hydrogen-bond donors (Lipinski definition) is 2. The van der Waals surface area contributed by atoms with Crippen LogP contribution >= 0.6 is 0 Å². The Morgan fingerprint density at radius 2 is 2.25 bits per heavy atom. The van der Waals surface area contributed by atoms with Crippen molar-refractivity contribution in [2.75, 3.05) is 0 Å². The first kappa shape index (κ1) is 10.8. The molecule has 0 fully saturated rings. The summed E-state index contributed by atoms with van der Waals surface area (Å²) in [7, 11) is 0. The van der Waals surface area contributed by atoms with Crippen molar-refractivity contribution in [1.29, 1.82) is 0 Å². The molecule has 1 heterocycles. The predicted octanol–water partition coefficient (Wildman–Crippen LogP) is 1.32. The molecule has 2 atom stereocenters. The normalized spacial score (nSPS) is 24.9. The summed E-state index contributed by atoms with van der Waals surface area (Å²) in [5.41, 5.74) is 2.31. The molecule has 0 aromatic carbocycles. The van der Waals surface area contributed by atoms with Crippen LogP contribution in [0.25, 0.3) is 5.57 Å². The first-order valence-electron chi connectivity index (χ1n) is 5.13. The van der Waals surface area contributed by atoms with Gasteiger partial charge in [0.25, 0.3) is 0 Å². The van der Waals surface area contributed by atoms with Gasteiger partial charge in [-0.25, -0.2) is 0 Å². The smallest absolute Gasteiger partial charge is 0.309 e. The average Bonchev–Trinajstić information content (AvgIpc) is 2.58. The van der Waals surface area contributed by atoms with E-state index in [-0.39, 0.29) is 0 Å². The van der Waals surface area contributed by atoms with E-state index < -0.39 is 18.0 Å². The summed E-state index contributed by atoms with van der Waals surface area (Å²) in [6, 6.07) is 5.48. The zero-order valence-corrected chi connectivity index (χ0v) is 8.92. The molecule has 0 saturated heterocycles. The Labute approximate surface area is 93.3 Å². The molecule has 0 radical (unpaired) electrons. The molecule has 0 amide bonds. The van der Waals surface area contributed by atoms with Crippen LogP contribution in [0.3, 0.4) is 0 Å². The van der Waals surface area contributed by atoms with Crippen LogP contribution < -0.4 is 0 Å². The van der Waals surface area contributed by atoms with Crippen LogP contribution in [0, 0.1) is 5.92 Å². The number of pyridine rings is 1. The number of allylic oxidation sites excluding steroid dienone is 1. The third-order valence-corrected chi connectivity index (χ3v) is 3.02. The minimum atomic E-state index is -0.960. The molecule has 2 rings (SSSR count). The summed E-state index contributed by atoms with van der Waals surface area (Å²) >= 11 is 0. The van der Waals surface area contributed by atoms with Gasteiger partial charge in [0.1, 0.15) is 0 Å². The fourth-order valence-electron chi connectivity index (χ4n) is 2.04. The molecule has 4 heteroatoms. The molecule has 1 aromatic heterocycles. The number of aliphatic carboxylic acids is 1. The Hall–Kier alpha value is -1.68. The Bertz CT molecular complexity index is 439. The number of rotatable bonds is 2. The summed E-state index contributed by atoms with van der Waals surface area (Å²) in [6.07, 6.45) is 1.12. The molecule has 1 aromatic rings. The van der Waals surface area contributed by atoms with Gasteiger partial charge in [0, 0.05) is 6.20 Å². The minimum Gasteiger partial charge on any atom is -0.481 e. The molecule has 0 spiro atoms. The standard InChI is InChI=1S/C12H13NO3/c1-7-8(10-4-2-3-5-13-10)6-9(11(7)14)12(15)16/h2-5,9,11,14H,6H2,1H3,(H,15,16)/t9-,11-/m1/s1. The Balaban J connectivity index is 2.34. The maximum atomic E-state index is 10.9. The minimum absolute atomic E-state index is 0.347. The van der Waals surface area contributed by atoms with E-state index in [2.05, 4.69) is 4.98 Å². The number of carboxylic acid groups (broad SMARTS) is 1. The van der Waals surface area contributed by atoms with Gasteiger partial charge in [-0.15, -0.1) is 0 Å². The highest BCUT2D eigenvalue weighted by Crippen LogP contribution is 2.37. The van der Waals surface area contributed by atoms with E-state index in [9.17, 15) is 9.90 Å². The monoisotopic (exact) mass is 219 g/mol. The van der Waals surface area contributed by atoms with Crippen LogP contribution in [0.15, 0.2) is 30.0 Å². The number of hydrogen-bond acceptors (Lipinski definition) is 3. The quantitative estimate of drug-likeness (QED) is 0.787. The topological polar surface area (TPSA) is 70.4 Å². The van der Waals surface area contributed by atoms with E-state index in [0.717, 1.165) is 11.3 Å². The van der Waals surface area contributed by atoms with Gasteiger partial charge in [0.15, 0.2) is 0 Å². The molecule has 1 aliphatic rings. The van der Waals surface area contributed by atoms with Gasteiger partial charge in [-0.1, -0.05) is 6.07 Å². The Morgan fingerprint density at radius 3 is 2.75 bits per heavy atom. The van der Waals surface area contributed by atoms with Crippen LogP contribution in [-0.2, 0) is 4.79 Å². The van der Waals surface area contributed by atoms with E-state index in [0.29, 0.717) is 12.0 Å². The van der Waals surface area contributed by atoms with E-state index in [4.69, 9.17) is 5.11 Å². The predicted molar refractivity (Wildman–Crippen MR) is 58.6 cm³/mol. The first-order valence-corrected chi connectivity index (χ1v) is 5.13. The fraction of sp³-hybridized carbons (Fsp3) is 0.333. The van der Waals surface area contributed by atoms with Crippen molar-refractivity contribution in [3.05, 3.63) is 35.7 Å². The van der Waals surface area contributed by atoms with Crippen LogP contribution in [0.5, 0.6) is 0 Å². The second-order valence-corrected chi connectivity index (χ2v) is 3.97. The van der Waals surface area contributed by atoms with Crippen LogP contribution in [0.2, 0.25) is 0 Å². The SMILES string of the molecule is CC1=C(c2ccccn2)C[C@@H](C(=O)O)[C@@H]1O. The van der Waals surface area contributed by atoms with Gasteiger partial charge >= 0.3 is 5.97 Å². The average molecular weight is 219 g/mol. The Kier molecular flexibility index (Phi) is 2.75. The molecular weight excluding hydrogens is 206 g/mol. The summed E-state index contributed by atoms with van der Waals surface area (Å²) in [4.78, 5) is 15.1. The van der Waals surface area contributed by atoms with E-state index >= 15 is 0 Å². The van der Waals surface area contributed by atoms with Crippen molar-refractivity contribution in [1.82, 2.24) is 4.98 Å². The molecule has 4 nitrogen and oxygen atoms in total. The fourth-order valence-corrected chi connectivity index (χ4v) is 2.04. The maximum Gasteiger partial charge on any atom is 0.309 e. The van der Waals surface area contributed by atoms with Crippen LogP contribution in [0.1, 0.15) is 19.0 Å². The number of aliphatic hydroxyl groups excluding tert-OH is 1. The van der Waals surface area contributed by atoms with Gasteiger partial charge in [0.2, 0.25) is 0 Å². The molecule has 84 valence electrons. The molecule has 16 heavy (non-hydrogen) atoms. The summed E-state index contributed by atoms with van der Waals surface area (Å²) in [5.74, 6) is -1.70. The third kappa shape index (κ3) is 1.72. The van der Waals surface area contributed by atoms with Crippen LogP contribution in [0.4, 0.5) is 0 Å². The lowest BCUT2D eigenvalue weighted by molar-refractivity contribution is -0.144. The van der Waals surface area contributed by atoms with Crippen molar-refractivity contribution in [3.8, 4) is 0 Å². The van der Waals surface area contributed by atoms with E-state index in [1.807, 2.05) is 12.1 Å². The third-order valence-electron chi connectivity index (χ3n) is 3.02. The number of carboxylic acids is 1. The summed E-state index contributed by atoms with van der Waals surface area (Å²) in [5, 5.41) is 18.8. The molecule has 0 aliphatic heterocycles. The lowest BCUT2D eigenvalue weighted by Crippen LogP contribution is -2.24. The second-order valence-electron chi connectivity index (χ2n) is 3.97. The largest absolute Gasteiger partial charge is 0.481 e. The van der Waals surface area contributed by atoms with Gasteiger partial charge in [-0.2, -0.15) is 0 Å². The summed E-state index contributed by atoms with van der Waals surface area (Å²) in [6.45, 7) is 1.76. The molecule has 0 unspecified atom stereocenters. The molecule has 0 saturated carbocycles. The van der Waals surface area contributed by atoms with Crippen molar-refractivity contribution in [3.63, 3.8) is 0 Å². The maximum absolute atomic E-state index is 10.9. The van der Waals surface area contributed by atoms with E-state index in [1.54, 1.807) is 19.2 Å². The molecule has 2 N–H and O–H groups in total. The number of aromatic nitrogens is 1. The Morgan fingerprint density at radius 1 is 1.50 bits per heavy atom. The number of carbonyl (C=O) groups is 1. The zero-order valence-electron chi connectivity index (χ0n) is 8.92. The van der Waals surface area contributed by atoms with Crippen molar-refractivity contribution in [2.24, 2.45) is 5.92 Å². The highest BCUT2D eigenvalue weighted by molar-refractivity contribution is 5.80. The second kappa shape index (κ2) is 4.06. The first-order chi connectivity index (χ1) is 7.61. The summed E-state index contributed by atoms with van der Waals surface area (Å²) < 4.78 is 0. The lowest BCUT2D eigenvalue weighted by atomic mass is 10.0. The van der Waals surface area contributed by atoms with Gasteiger partial charge in [-0.3, -0.25) is 9.78 Å². The van der Waals surface area contributed by atoms with Crippen molar-refractivity contribution < 1.29 is 15.0 Å². The lowest BCUT2D eigenvalue weighted by Gasteiger charge is -2.09. The zero-order chi connectivity index (χ0) is 11.7. The number of nitrogens with zero attached hydrogens (tertiary/aromatic N) is 1. The van der Waals surface area contributed by atoms with Crippen molar-refractivity contribution in [2.45, 2.75) is 19.4 Å². The highest BCUT2D eigenvalue weighted by atomic mass is 16.4. The molecular formula is C12H13NO3. The van der Waals surface area contributed by atoms with Gasteiger partial charge in [0.05, 0.1) is 17.7 Å². The highest BCUT2D eigenvalue weighted by Gasteiger charge is 2.36. The van der Waals surface area contributed by atoms with Crippen LogP contribution in [-0.4, -0.2) is 27.3 Å². The molecule has 1 aliphatic carbocycles. The van der Waals surface area contributed by atoms with Crippen molar-refractivity contribution >= 4 is 11.5 Å².